The summed E-state index contributed by atoms with van der Waals surface area (Å²) in [6.07, 6.45) is 2.14. The zero-order valence-corrected chi connectivity index (χ0v) is 14.6. The van der Waals surface area contributed by atoms with Gasteiger partial charge in [0, 0.05) is 23.2 Å². The number of halogens is 1. The highest BCUT2D eigenvalue weighted by Crippen LogP contribution is 2.36. The first-order valence-electron chi connectivity index (χ1n) is 7.75. The van der Waals surface area contributed by atoms with Gasteiger partial charge >= 0.3 is 0 Å². The van der Waals surface area contributed by atoms with Crippen LogP contribution in [0.4, 0.5) is 0 Å². The second-order valence-corrected chi connectivity index (χ2v) is 6.11. The molecule has 1 rings (SSSR count). The summed E-state index contributed by atoms with van der Waals surface area (Å²) in [6, 6.07) is 3.76. The standard InChI is InChI=1S/C17H28ClNO2/c1-6-15(7-2)21-17-13(11-19-10-12(3)4)8-14(18)9-16(17)20-5/h8-9,12,15,19H,6-7,10-11H2,1-5H3. The van der Waals surface area contributed by atoms with Crippen LogP contribution in [0, 0.1) is 5.92 Å². The van der Waals surface area contributed by atoms with E-state index in [1.165, 1.54) is 0 Å². The molecule has 0 unspecified atom stereocenters. The molecule has 0 saturated heterocycles. The lowest BCUT2D eigenvalue weighted by molar-refractivity contribution is 0.182. The third kappa shape index (κ3) is 5.76. The van der Waals surface area contributed by atoms with E-state index in [2.05, 4.69) is 33.0 Å². The van der Waals surface area contributed by atoms with E-state index in [1.54, 1.807) is 7.11 Å². The normalized spacial score (nSPS) is 11.2. The second-order valence-electron chi connectivity index (χ2n) is 5.68. The lowest BCUT2D eigenvalue weighted by Crippen LogP contribution is -2.21. The van der Waals surface area contributed by atoms with Gasteiger partial charge in [-0.3, -0.25) is 0 Å². The molecule has 0 radical (unpaired) electrons. The smallest absolute Gasteiger partial charge is 0.166 e. The molecule has 0 aliphatic rings. The molecule has 3 nitrogen and oxygen atoms in total. The predicted octanol–water partition coefficient (Wildman–Crippen LogP) is 4.66. The van der Waals surface area contributed by atoms with Gasteiger partial charge in [0.2, 0.25) is 0 Å². The van der Waals surface area contributed by atoms with Gasteiger partial charge in [-0.25, -0.2) is 0 Å². The van der Waals surface area contributed by atoms with E-state index in [0.29, 0.717) is 16.7 Å². The zero-order valence-electron chi connectivity index (χ0n) is 13.8. The average molecular weight is 314 g/mol. The number of nitrogens with one attached hydrogen (secondary N) is 1. The molecule has 120 valence electrons. The summed E-state index contributed by atoms with van der Waals surface area (Å²) in [7, 11) is 1.65. The predicted molar refractivity (Wildman–Crippen MR) is 89.5 cm³/mol. The summed E-state index contributed by atoms with van der Waals surface area (Å²) >= 11 is 6.18. The minimum atomic E-state index is 0.198. The molecule has 0 bridgehead atoms. The van der Waals surface area contributed by atoms with Crippen molar-refractivity contribution >= 4 is 11.6 Å². The van der Waals surface area contributed by atoms with Gasteiger partial charge in [0.15, 0.2) is 11.5 Å². The van der Waals surface area contributed by atoms with Crippen LogP contribution >= 0.6 is 11.6 Å². The summed E-state index contributed by atoms with van der Waals surface area (Å²) < 4.78 is 11.6. The van der Waals surface area contributed by atoms with Gasteiger partial charge in [0.05, 0.1) is 13.2 Å². The molecular weight excluding hydrogens is 286 g/mol. The number of ether oxygens (including phenoxy) is 2. The van der Waals surface area contributed by atoms with Crippen LogP contribution in [0.25, 0.3) is 0 Å². The first-order valence-corrected chi connectivity index (χ1v) is 8.13. The van der Waals surface area contributed by atoms with Gasteiger partial charge in [0.1, 0.15) is 0 Å². The van der Waals surface area contributed by atoms with E-state index in [-0.39, 0.29) is 6.10 Å². The Kier molecular flexibility index (Phi) is 7.91. The molecule has 0 heterocycles. The van der Waals surface area contributed by atoms with E-state index in [4.69, 9.17) is 21.1 Å². The van der Waals surface area contributed by atoms with Gasteiger partial charge in [-0.1, -0.05) is 39.3 Å². The van der Waals surface area contributed by atoms with Crippen LogP contribution in [-0.2, 0) is 6.54 Å². The average Bonchev–Trinajstić information content (AvgIpc) is 2.45. The molecule has 1 N–H and O–H groups in total. The molecule has 0 saturated carbocycles. The largest absolute Gasteiger partial charge is 0.493 e. The van der Waals surface area contributed by atoms with Crippen molar-refractivity contribution in [1.82, 2.24) is 5.32 Å². The molecule has 4 heteroatoms. The van der Waals surface area contributed by atoms with Gasteiger partial charge in [-0.15, -0.1) is 0 Å². The van der Waals surface area contributed by atoms with Crippen molar-refractivity contribution < 1.29 is 9.47 Å². The van der Waals surface area contributed by atoms with Gasteiger partial charge < -0.3 is 14.8 Å². The summed E-state index contributed by atoms with van der Waals surface area (Å²) in [4.78, 5) is 0. The second kappa shape index (κ2) is 9.16. The molecule has 0 aliphatic heterocycles. The first kappa shape index (κ1) is 18.1. The van der Waals surface area contributed by atoms with Crippen LogP contribution in [0.15, 0.2) is 12.1 Å². The fourth-order valence-corrected chi connectivity index (χ4v) is 2.39. The Morgan fingerprint density at radius 3 is 2.38 bits per heavy atom. The number of hydrogen-bond acceptors (Lipinski definition) is 3. The summed E-state index contributed by atoms with van der Waals surface area (Å²) in [6.45, 7) is 10.3. The van der Waals surface area contributed by atoms with Gasteiger partial charge in [-0.2, -0.15) is 0 Å². The van der Waals surface area contributed by atoms with E-state index >= 15 is 0 Å². The maximum atomic E-state index is 6.18. The highest BCUT2D eigenvalue weighted by atomic mass is 35.5. The molecular formula is C17H28ClNO2. The Labute approximate surface area is 134 Å². The van der Waals surface area contributed by atoms with E-state index in [0.717, 1.165) is 37.2 Å². The zero-order chi connectivity index (χ0) is 15.8. The molecule has 0 fully saturated rings. The summed E-state index contributed by atoms with van der Waals surface area (Å²) in [5.41, 5.74) is 1.05. The van der Waals surface area contributed by atoms with Crippen molar-refractivity contribution in [1.29, 1.82) is 0 Å². The van der Waals surface area contributed by atoms with Crippen LogP contribution in [0.1, 0.15) is 46.1 Å². The molecule has 1 aromatic rings. The molecule has 1 aromatic carbocycles. The third-order valence-electron chi connectivity index (χ3n) is 3.38. The quantitative estimate of drug-likeness (QED) is 0.719. The lowest BCUT2D eigenvalue weighted by Gasteiger charge is -2.21. The Balaban J connectivity index is 2.99. The molecule has 0 aliphatic carbocycles. The lowest BCUT2D eigenvalue weighted by atomic mass is 10.1. The molecule has 0 amide bonds. The summed E-state index contributed by atoms with van der Waals surface area (Å²) in [5, 5.41) is 4.11. The maximum Gasteiger partial charge on any atom is 0.166 e. The Morgan fingerprint density at radius 2 is 1.86 bits per heavy atom. The minimum Gasteiger partial charge on any atom is -0.493 e. The number of rotatable bonds is 9. The fourth-order valence-electron chi connectivity index (χ4n) is 2.16. The minimum absolute atomic E-state index is 0.198. The first-order chi connectivity index (χ1) is 10.0. The third-order valence-corrected chi connectivity index (χ3v) is 3.60. The summed E-state index contributed by atoms with van der Waals surface area (Å²) in [5.74, 6) is 2.12. The molecule has 0 spiro atoms. The molecule has 21 heavy (non-hydrogen) atoms. The highest BCUT2D eigenvalue weighted by molar-refractivity contribution is 6.30. The van der Waals surface area contributed by atoms with E-state index < -0.39 is 0 Å². The Hall–Kier alpha value is -0.930. The monoisotopic (exact) mass is 313 g/mol. The Bertz CT molecular complexity index is 431. The van der Waals surface area contributed by atoms with E-state index in [9.17, 15) is 0 Å². The number of methoxy groups -OCH3 is 1. The van der Waals surface area contributed by atoms with E-state index in [1.807, 2.05) is 12.1 Å². The van der Waals surface area contributed by atoms with Gasteiger partial charge in [-0.05, 0) is 31.4 Å². The van der Waals surface area contributed by atoms with Crippen molar-refractivity contribution in [3.05, 3.63) is 22.7 Å². The molecule has 0 atom stereocenters. The molecule has 0 aromatic heterocycles. The number of benzene rings is 1. The van der Waals surface area contributed by atoms with Crippen LogP contribution in [-0.4, -0.2) is 19.8 Å². The van der Waals surface area contributed by atoms with Crippen LogP contribution < -0.4 is 14.8 Å². The number of hydrogen-bond donors (Lipinski definition) is 1. The highest BCUT2D eigenvalue weighted by Gasteiger charge is 2.16. The van der Waals surface area contributed by atoms with Crippen molar-refractivity contribution in [3.63, 3.8) is 0 Å². The fraction of sp³-hybridized carbons (Fsp3) is 0.647. The maximum absolute atomic E-state index is 6.18. The van der Waals surface area contributed by atoms with Crippen LogP contribution in [0.3, 0.4) is 0 Å². The van der Waals surface area contributed by atoms with Crippen molar-refractivity contribution in [2.75, 3.05) is 13.7 Å². The Morgan fingerprint density at radius 1 is 1.19 bits per heavy atom. The van der Waals surface area contributed by atoms with Crippen molar-refractivity contribution in [2.24, 2.45) is 5.92 Å². The SMILES string of the molecule is CCC(CC)Oc1c(CNCC(C)C)cc(Cl)cc1OC. The topological polar surface area (TPSA) is 30.5 Å². The van der Waals surface area contributed by atoms with Crippen molar-refractivity contribution in [2.45, 2.75) is 53.2 Å². The van der Waals surface area contributed by atoms with Crippen molar-refractivity contribution in [3.8, 4) is 11.5 Å². The van der Waals surface area contributed by atoms with Crippen LogP contribution in [0.5, 0.6) is 11.5 Å². The van der Waals surface area contributed by atoms with Gasteiger partial charge in [0.25, 0.3) is 0 Å². The van der Waals surface area contributed by atoms with Crippen LogP contribution in [0.2, 0.25) is 5.02 Å².